The predicted octanol–water partition coefficient (Wildman–Crippen LogP) is 5.33. The van der Waals surface area contributed by atoms with E-state index >= 15 is 0 Å². The van der Waals surface area contributed by atoms with Crippen LogP contribution in [-0.2, 0) is 4.74 Å². The summed E-state index contributed by atoms with van der Waals surface area (Å²) in [7, 11) is 1.56. The monoisotopic (exact) mass is 510 g/mol. The fourth-order valence-electron chi connectivity index (χ4n) is 2.81. The Bertz CT molecular complexity index is 735. The summed E-state index contributed by atoms with van der Waals surface area (Å²) in [5.74, 6) is 5.10. The zero-order valence-electron chi connectivity index (χ0n) is 20.3. The van der Waals surface area contributed by atoms with Crippen molar-refractivity contribution in [2.75, 3.05) is 19.5 Å². The molecule has 1 aliphatic rings. The van der Waals surface area contributed by atoms with Gasteiger partial charge in [0, 0.05) is 19.5 Å². The minimum atomic E-state index is -4.71. The molecule has 0 aromatic heterocycles. The first-order chi connectivity index (χ1) is 16.2. The van der Waals surface area contributed by atoms with Crippen molar-refractivity contribution >= 4 is 16.8 Å². The van der Waals surface area contributed by atoms with Gasteiger partial charge >= 0.3 is 6.36 Å². The second-order valence-corrected chi connectivity index (χ2v) is 8.10. The summed E-state index contributed by atoms with van der Waals surface area (Å²) in [6.07, 6.45) is 5.03. The number of hydrogen-bond acceptors (Lipinski definition) is 8. The number of hydrazine groups is 2. The number of hydrazone groups is 1. The Kier molecular flexibility index (Phi) is 17.2. The molecular formula is C22H38F4N6OS. The molecule has 0 aliphatic heterocycles. The van der Waals surface area contributed by atoms with E-state index < -0.39 is 6.36 Å². The number of rotatable bonds is 13. The lowest BCUT2D eigenvalue weighted by molar-refractivity contribution is -0.303. The second-order valence-electron chi connectivity index (χ2n) is 7.00. The topological polar surface area (TPSA) is 101 Å². The van der Waals surface area contributed by atoms with Gasteiger partial charge in [0.15, 0.2) is 0 Å². The minimum absolute atomic E-state index is 0.234. The molecule has 0 aromatic carbocycles. The molecule has 0 bridgehead atoms. The Morgan fingerprint density at radius 3 is 2.56 bits per heavy atom. The van der Waals surface area contributed by atoms with Crippen LogP contribution in [-0.4, -0.2) is 35.9 Å². The summed E-state index contributed by atoms with van der Waals surface area (Å²) in [5.41, 5.74) is 12.6. The molecule has 0 spiro atoms. The third kappa shape index (κ3) is 15.0. The van der Waals surface area contributed by atoms with Gasteiger partial charge in [0.2, 0.25) is 5.95 Å². The van der Waals surface area contributed by atoms with Crippen molar-refractivity contribution < 1.29 is 22.3 Å². The number of hydrogen-bond donors (Lipinski definition) is 4. The number of nitrogens with one attached hydrogen (secondary N) is 2. The molecule has 12 heteroatoms. The first-order valence-corrected chi connectivity index (χ1v) is 12.1. The van der Waals surface area contributed by atoms with E-state index in [4.69, 9.17) is 11.6 Å². The van der Waals surface area contributed by atoms with E-state index in [1.54, 1.807) is 20.0 Å². The molecule has 6 N–H and O–H groups in total. The summed E-state index contributed by atoms with van der Waals surface area (Å²) in [4.78, 5) is 0. The highest BCUT2D eigenvalue weighted by atomic mass is 32.2. The number of unbranched alkanes of at least 4 members (excludes halogenated alkanes) is 1. The SMILES string of the molecule is C/C(CCCC/C(=N/N)SCN)=C(/F)N(C)NNCCC1=CC=CC(OC(F)(F)F)=CC1.CC. The van der Waals surface area contributed by atoms with E-state index in [-0.39, 0.29) is 11.7 Å². The van der Waals surface area contributed by atoms with Gasteiger partial charge in [0.25, 0.3) is 0 Å². The molecule has 1 rings (SSSR count). The molecule has 1 aliphatic carbocycles. The van der Waals surface area contributed by atoms with Crippen LogP contribution in [0.3, 0.4) is 0 Å². The molecular weight excluding hydrogens is 472 g/mol. The summed E-state index contributed by atoms with van der Waals surface area (Å²) in [5, 5.41) is 5.72. The van der Waals surface area contributed by atoms with Crippen LogP contribution < -0.4 is 22.5 Å². The molecule has 0 aromatic rings. The Morgan fingerprint density at radius 1 is 1.26 bits per heavy atom. The molecule has 0 radical (unpaired) electrons. The van der Waals surface area contributed by atoms with Gasteiger partial charge in [-0.15, -0.1) is 13.2 Å². The molecule has 196 valence electrons. The van der Waals surface area contributed by atoms with Gasteiger partial charge < -0.3 is 16.3 Å². The van der Waals surface area contributed by atoms with E-state index in [0.717, 1.165) is 23.5 Å². The van der Waals surface area contributed by atoms with Gasteiger partial charge in [0.05, 0.1) is 5.04 Å². The third-order valence-electron chi connectivity index (χ3n) is 4.44. The highest BCUT2D eigenvalue weighted by Crippen LogP contribution is 2.24. The first kappa shape index (κ1) is 32.0. The third-order valence-corrected chi connectivity index (χ3v) is 5.25. The van der Waals surface area contributed by atoms with Crippen molar-refractivity contribution in [1.82, 2.24) is 16.0 Å². The fraction of sp³-hybridized carbons (Fsp3) is 0.591. The lowest BCUT2D eigenvalue weighted by Crippen LogP contribution is -2.44. The highest BCUT2D eigenvalue weighted by Gasteiger charge is 2.31. The smallest absolute Gasteiger partial charge is 0.406 e. The van der Waals surface area contributed by atoms with Crippen LogP contribution >= 0.6 is 11.8 Å². The largest absolute Gasteiger partial charge is 0.573 e. The van der Waals surface area contributed by atoms with Crippen molar-refractivity contribution in [3.05, 3.63) is 47.2 Å². The second kappa shape index (κ2) is 18.3. The lowest BCUT2D eigenvalue weighted by atomic mass is 10.1. The van der Waals surface area contributed by atoms with Crippen molar-refractivity contribution in [2.45, 2.75) is 65.7 Å². The fourth-order valence-corrected chi connectivity index (χ4v) is 3.37. The first-order valence-electron chi connectivity index (χ1n) is 11.2. The molecule has 0 amide bonds. The minimum Gasteiger partial charge on any atom is -0.406 e. The Labute approximate surface area is 204 Å². The zero-order chi connectivity index (χ0) is 26.0. The van der Waals surface area contributed by atoms with Gasteiger partial charge in [-0.2, -0.15) is 15.0 Å². The molecule has 0 unspecified atom stereocenters. The van der Waals surface area contributed by atoms with Crippen molar-refractivity contribution in [3.63, 3.8) is 0 Å². The van der Waals surface area contributed by atoms with E-state index in [0.29, 0.717) is 43.7 Å². The van der Waals surface area contributed by atoms with Crippen molar-refractivity contribution in [2.24, 2.45) is 16.7 Å². The molecule has 0 atom stereocenters. The lowest BCUT2D eigenvalue weighted by Gasteiger charge is -2.20. The van der Waals surface area contributed by atoms with Crippen molar-refractivity contribution in [1.29, 1.82) is 0 Å². The van der Waals surface area contributed by atoms with Crippen LogP contribution in [0.15, 0.2) is 52.3 Å². The van der Waals surface area contributed by atoms with Crippen LogP contribution in [0.1, 0.15) is 59.3 Å². The number of allylic oxidation sites excluding steroid dienone is 5. The van der Waals surface area contributed by atoms with Crippen LogP contribution in [0.25, 0.3) is 0 Å². The van der Waals surface area contributed by atoms with Crippen LogP contribution in [0, 0.1) is 0 Å². The van der Waals surface area contributed by atoms with Gasteiger partial charge in [-0.25, -0.2) is 5.43 Å². The van der Waals surface area contributed by atoms with Gasteiger partial charge in [-0.05, 0) is 63.2 Å². The summed E-state index contributed by atoms with van der Waals surface area (Å²) in [6, 6.07) is 0. The molecule has 34 heavy (non-hydrogen) atoms. The molecule has 0 heterocycles. The number of alkyl halides is 3. The summed E-state index contributed by atoms with van der Waals surface area (Å²) >= 11 is 1.40. The van der Waals surface area contributed by atoms with E-state index in [2.05, 4.69) is 20.8 Å². The average molecular weight is 511 g/mol. The van der Waals surface area contributed by atoms with Crippen LogP contribution in [0.2, 0.25) is 0 Å². The summed E-state index contributed by atoms with van der Waals surface area (Å²) in [6.45, 7) is 6.19. The Balaban J connectivity index is 0.00000529. The van der Waals surface area contributed by atoms with Crippen LogP contribution in [0.5, 0.6) is 0 Å². The molecule has 0 fully saturated rings. The quantitative estimate of drug-likeness (QED) is 0.0388. The molecule has 0 saturated heterocycles. The van der Waals surface area contributed by atoms with E-state index in [1.807, 2.05) is 13.8 Å². The maximum Gasteiger partial charge on any atom is 0.573 e. The Morgan fingerprint density at radius 2 is 1.94 bits per heavy atom. The highest BCUT2D eigenvalue weighted by molar-refractivity contribution is 8.13. The zero-order valence-corrected chi connectivity index (χ0v) is 21.2. The maximum absolute atomic E-state index is 14.5. The number of nitrogens with zero attached hydrogens (tertiary/aromatic N) is 2. The molecule has 0 saturated carbocycles. The van der Waals surface area contributed by atoms with E-state index in [9.17, 15) is 17.6 Å². The number of nitrogens with two attached hydrogens (primary N) is 2. The van der Waals surface area contributed by atoms with E-state index in [1.165, 1.54) is 35.0 Å². The van der Waals surface area contributed by atoms with Gasteiger partial charge in [-0.3, -0.25) is 5.01 Å². The molecule has 7 nitrogen and oxygen atoms in total. The maximum atomic E-state index is 14.5. The summed E-state index contributed by atoms with van der Waals surface area (Å²) < 4.78 is 55.3. The number of halogens is 4. The average Bonchev–Trinajstić information content (AvgIpc) is 3.02. The number of ether oxygens (including phenoxy) is 1. The Hall–Kier alpha value is -2.02. The van der Waals surface area contributed by atoms with Gasteiger partial charge in [-0.1, -0.05) is 43.3 Å². The normalized spacial score (nSPS) is 14.9. The number of thioether (sulfide) groups is 1. The van der Waals surface area contributed by atoms with Crippen molar-refractivity contribution in [3.8, 4) is 0 Å². The standard InChI is InChI=1S/C20H32F4N6OS.C2H6/c1-15(6-3-4-9-18(28-26)32-14-25)19(21)30(2)29-27-13-12-16-7-5-8-17(11-10-16)31-20(22,23)24;1-2/h5,7-8,11,27,29H,3-4,6,9-10,12-14,25-26H2,1-2H3;1-2H3/b19-15+,28-18-;. The van der Waals surface area contributed by atoms with Gasteiger partial charge in [0.1, 0.15) is 5.76 Å². The predicted molar refractivity (Wildman–Crippen MR) is 132 cm³/mol. The van der Waals surface area contributed by atoms with Crippen LogP contribution in [0.4, 0.5) is 17.6 Å².